The molecule has 0 aromatic rings. The summed E-state index contributed by atoms with van der Waals surface area (Å²) in [6.07, 6.45) is 1.24. The molecular weight excluding hydrogens is 166 g/mol. The van der Waals surface area contributed by atoms with Crippen molar-refractivity contribution in [3.05, 3.63) is 0 Å². The molecule has 0 aliphatic carbocycles. The van der Waals surface area contributed by atoms with Crippen LogP contribution in [0.3, 0.4) is 0 Å². The van der Waals surface area contributed by atoms with Crippen LogP contribution in [0, 0.1) is 0 Å². The third-order valence-electron chi connectivity index (χ3n) is 2.32. The van der Waals surface area contributed by atoms with Gasteiger partial charge >= 0.3 is 0 Å². The minimum Gasteiger partial charge on any atom is -0.383 e. The topological polar surface area (TPSA) is 27.7 Å². The summed E-state index contributed by atoms with van der Waals surface area (Å²) in [6.45, 7) is 4.23. The first kappa shape index (κ1) is 10.9. The van der Waals surface area contributed by atoms with Crippen LogP contribution in [0.25, 0.3) is 0 Å². The minimum absolute atomic E-state index is 0.617. The lowest BCUT2D eigenvalue weighted by molar-refractivity contribution is 0.156. The summed E-state index contributed by atoms with van der Waals surface area (Å²) in [5.74, 6) is 0. The molecule has 4 nitrogen and oxygen atoms in total. The fourth-order valence-electron chi connectivity index (χ4n) is 1.73. The maximum Gasteiger partial charge on any atom is 0.0589 e. The fraction of sp³-hybridized carbons (Fsp3) is 1.00. The van der Waals surface area contributed by atoms with Crippen molar-refractivity contribution < 1.29 is 4.74 Å². The molecule has 1 aliphatic rings. The van der Waals surface area contributed by atoms with Crippen LogP contribution in [0.2, 0.25) is 0 Å². The molecule has 0 aromatic heterocycles. The molecule has 1 rings (SSSR count). The number of hydrazine groups is 1. The Morgan fingerprint density at radius 2 is 2.31 bits per heavy atom. The first-order valence-electron chi connectivity index (χ1n) is 4.87. The number of hydrogen-bond acceptors (Lipinski definition) is 4. The van der Waals surface area contributed by atoms with Gasteiger partial charge in [0.15, 0.2) is 0 Å². The van der Waals surface area contributed by atoms with Crippen molar-refractivity contribution in [2.45, 2.75) is 12.5 Å². The van der Waals surface area contributed by atoms with Gasteiger partial charge < -0.3 is 4.74 Å². The van der Waals surface area contributed by atoms with Gasteiger partial charge in [-0.15, -0.1) is 0 Å². The maximum atomic E-state index is 5.05. The number of nitrogens with one attached hydrogen (secondary N) is 1. The van der Waals surface area contributed by atoms with E-state index < -0.39 is 0 Å². The highest BCUT2D eigenvalue weighted by Crippen LogP contribution is 2.08. The molecule has 0 aromatic carbocycles. The second-order valence-electron chi connectivity index (χ2n) is 3.80. The average Bonchev–Trinajstić information content (AvgIpc) is 2.48. The summed E-state index contributed by atoms with van der Waals surface area (Å²) < 4.78 is 5.05. The van der Waals surface area contributed by atoms with Crippen molar-refractivity contribution in [1.82, 2.24) is 15.3 Å². The normalized spacial score (nSPS) is 24.5. The largest absolute Gasteiger partial charge is 0.383 e. The van der Waals surface area contributed by atoms with Crippen molar-refractivity contribution >= 4 is 0 Å². The van der Waals surface area contributed by atoms with Crippen LogP contribution >= 0.6 is 0 Å². The third-order valence-corrected chi connectivity index (χ3v) is 2.32. The number of rotatable bonds is 5. The van der Waals surface area contributed by atoms with Crippen LogP contribution in [0.5, 0.6) is 0 Å². The molecule has 0 radical (unpaired) electrons. The summed E-state index contributed by atoms with van der Waals surface area (Å²) in [5, 5.41) is 2.03. The second kappa shape index (κ2) is 5.54. The molecular formula is C9H21N3O. The van der Waals surface area contributed by atoms with Crippen LogP contribution in [-0.4, -0.2) is 63.4 Å². The Labute approximate surface area is 80.8 Å². The number of methoxy groups -OCH3 is 1. The average molecular weight is 187 g/mol. The van der Waals surface area contributed by atoms with Crippen LogP contribution in [-0.2, 0) is 4.74 Å². The van der Waals surface area contributed by atoms with Gasteiger partial charge in [-0.05, 0) is 13.0 Å². The molecule has 4 heteroatoms. The Kier molecular flexibility index (Phi) is 4.66. The summed E-state index contributed by atoms with van der Waals surface area (Å²) in [6, 6.07) is 0.617. The van der Waals surface area contributed by atoms with Crippen LogP contribution < -0.4 is 5.43 Å². The number of hydrogen-bond donors (Lipinski definition) is 1. The van der Waals surface area contributed by atoms with Crippen molar-refractivity contribution in [3.8, 4) is 0 Å². The van der Waals surface area contributed by atoms with Gasteiger partial charge in [0, 0.05) is 40.3 Å². The first-order valence-corrected chi connectivity index (χ1v) is 4.87. The van der Waals surface area contributed by atoms with Crippen LogP contribution in [0.1, 0.15) is 6.42 Å². The lowest BCUT2D eigenvalue weighted by Gasteiger charge is -2.19. The Hall–Kier alpha value is -0.160. The summed E-state index contributed by atoms with van der Waals surface area (Å²) in [4.78, 5) is 2.44. The maximum absolute atomic E-state index is 5.05. The summed E-state index contributed by atoms with van der Waals surface area (Å²) in [7, 11) is 5.83. The zero-order chi connectivity index (χ0) is 9.68. The van der Waals surface area contributed by atoms with Crippen molar-refractivity contribution in [1.29, 1.82) is 0 Å². The highest BCUT2D eigenvalue weighted by molar-refractivity contribution is 4.79. The van der Waals surface area contributed by atoms with E-state index in [1.54, 1.807) is 7.11 Å². The predicted octanol–water partition coefficient (Wildman–Crippen LogP) is -0.227. The summed E-state index contributed by atoms with van der Waals surface area (Å²) in [5.41, 5.74) is 3.40. The van der Waals surface area contributed by atoms with Gasteiger partial charge in [-0.1, -0.05) is 0 Å². The second-order valence-corrected chi connectivity index (χ2v) is 3.80. The first-order chi connectivity index (χ1) is 6.22. The van der Waals surface area contributed by atoms with E-state index in [2.05, 4.69) is 10.3 Å². The predicted molar refractivity (Wildman–Crippen MR) is 53.5 cm³/mol. The highest BCUT2D eigenvalue weighted by Gasteiger charge is 2.21. The lowest BCUT2D eigenvalue weighted by atomic mass is 10.3. The fourth-order valence-corrected chi connectivity index (χ4v) is 1.73. The van der Waals surface area contributed by atoms with Crippen LogP contribution in [0.15, 0.2) is 0 Å². The highest BCUT2D eigenvalue weighted by atomic mass is 16.5. The van der Waals surface area contributed by atoms with E-state index in [4.69, 9.17) is 4.74 Å². The molecule has 0 spiro atoms. The van der Waals surface area contributed by atoms with Crippen molar-refractivity contribution in [3.63, 3.8) is 0 Å². The molecule has 1 N–H and O–H groups in total. The number of likely N-dealkylation sites (tertiary alicyclic amines) is 1. The van der Waals surface area contributed by atoms with E-state index in [9.17, 15) is 0 Å². The molecule has 1 aliphatic heterocycles. The van der Waals surface area contributed by atoms with Gasteiger partial charge in [-0.25, -0.2) is 0 Å². The zero-order valence-corrected chi connectivity index (χ0v) is 8.92. The zero-order valence-electron chi connectivity index (χ0n) is 8.92. The summed E-state index contributed by atoms with van der Waals surface area (Å²) >= 11 is 0. The monoisotopic (exact) mass is 187 g/mol. The van der Waals surface area contributed by atoms with Gasteiger partial charge in [0.1, 0.15) is 0 Å². The van der Waals surface area contributed by atoms with Gasteiger partial charge in [-0.3, -0.25) is 15.3 Å². The molecule has 1 saturated heterocycles. The van der Waals surface area contributed by atoms with Crippen molar-refractivity contribution in [2.75, 3.05) is 47.4 Å². The SMILES string of the molecule is COCCN1CCC(NN(C)C)C1. The van der Waals surface area contributed by atoms with Gasteiger partial charge in [-0.2, -0.15) is 0 Å². The molecule has 78 valence electrons. The van der Waals surface area contributed by atoms with E-state index in [-0.39, 0.29) is 0 Å². The van der Waals surface area contributed by atoms with Gasteiger partial charge in [0.2, 0.25) is 0 Å². The number of ether oxygens (including phenoxy) is 1. The molecule has 1 fully saturated rings. The quantitative estimate of drug-likeness (QED) is 0.602. The molecule has 13 heavy (non-hydrogen) atoms. The van der Waals surface area contributed by atoms with Gasteiger partial charge in [0.25, 0.3) is 0 Å². The molecule has 1 atom stereocenters. The Morgan fingerprint density at radius 1 is 1.54 bits per heavy atom. The molecule has 0 bridgehead atoms. The van der Waals surface area contributed by atoms with Crippen molar-refractivity contribution in [2.24, 2.45) is 0 Å². The van der Waals surface area contributed by atoms with E-state index in [1.807, 2.05) is 19.1 Å². The standard InChI is InChI=1S/C9H21N3O/c1-11(2)10-9-4-5-12(8-9)6-7-13-3/h9-10H,4-8H2,1-3H3. The minimum atomic E-state index is 0.617. The lowest BCUT2D eigenvalue weighted by Crippen LogP contribution is -2.41. The Morgan fingerprint density at radius 3 is 2.92 bits per heavy atom. The van der Waals surface area contributed by atoms with E-state index in [1.165, 1.54) is 13.0 Å². The smallest absolute Gasteiger partial charge is 0.0589 e. The molecule has 0 saturated carbocycles. The van der Waals surface area contributed by atoms with E-state index in [0.29, 0.717) is 6.04 Å². The van der Waals surface area contributed by atoms with Gasteiger partial charge in [0.05, 0.1) is 6.61 Å². The third kappa shape index (κ3) is 4.04. The molecule has 0 amide bonds. The Balaban J connectivity index is 2.12. The number of nitrogens with zero attached hydrogens (tertiary/aromatic N) is 2. The van der Waals surface area contributed by atoms with Crippen LogP contribution in [0.4, 0.5) is 0 Å². The van der Waals surface area contributed by atoms with E-state index >= 15 is 0 Å². The van der Waals surface area contributed by atoms with E-state index in [0.717, 1.165) is 19.7 Å². The molecule has 1 heterocycles. The molecule has 1 unspecified atom stereocenters. The Bertz CT molecular complexity index is 141.